The van der Waals surface area contributed by atoms with Gasteiger partial charge < -0.3 is 4.90 Å². The largest absolute Gasteiger partial charge is 0.335 e. The summed E-state index contributed by atoms with van der Waals surface area (Å²) in [5, 5.41) is 7.92. The van der Waals surface area contributed by atoms with Gasteiger partial charge in [0.2, 0.25) is 10.0 Å². The number of aromatic amines is 1. The van der Waals surface area contributed by atoms with E-state index in [1.807, 2.05) is 37.3 Å². The first-order valence-electron chi connectivity index (χ1n) is 10.3. The number of carbonyl (C=O) groups excluding carboxylic acids is 1. The third-order valence-corrected chi connectivity index (χ3v) is 8.05. The van der Waals surface area contributed by atoms with Crippen molar-refractivity contribution in [3.8, 4) is 0 Å². The van der Waals surface area contributed by atoms with Gasteiger partial charge in [0, 0.05) is 31.6 Å². The molecular formula is C22H24N4O3S. The summed E-state index contributed by atoms with van der Waals surface area (Å²) in [5.74, 6) is -0.165. The molecule has 1 saturated heterocycles. The monoisotopic (exact) mass is 424 g/mol. The Hall–Kier alpha value is -2.71. The molecule has 1 aliphatic heterocycles. The highest BCUT2D eigenvalue weighted by molar-refractivity contribution is 7.89. The normalized spacial score (nSPS) is 17.4. The van der Waals surface area contributed by atoms with E-state index in [2.05, 4.69) is 10.2 Å². The molecule has 1 amide bonds. The van der Waals surface area contributed by atoms with Crippen molar-refractivity contribution >= 4 is 26.8 Å². The predicted octanol–water partition coefficient (Wildman–Crippen LogP) is 2.51. The van der Waals surface area contributed by atoms with E-state index in [4.69, 9.17) is 0 Å². The third kappa shape index (κ3) is 3.20. The second-order valence-corrected chi connectivity index (χ2v) is 10.0. The maximum atomic E-state index is 13.1. The van der Waals surface area contributed by atoms with Crippen molar-refractivity contribution < 1.29 is 13.2 Å². The first-order chi connectivity index (χ1) is 14.4. The summed E-state index contributed by atoms with van der Waals surface area (Å²) in [6, 6.07) is 11.3. The van der Waals surface area contributed by atoms with E-state index in [-0.39, 0.29) is 19.0 Å². The van der Waals surface area contributed by atoms with Crippen molar-refractivity contribution in [3.63, 3.8) is 0 Å². The fourth-order valence-corrected chi connectivity index (χ4v) is 5.90. The van der Waals surface area contributed by atoms with Gasteiger partial charge >= 0.3 is 0 Å². The molecule has 0 bridgehead atoms. The average Bonchev–Trinajstić information content (AvgIpc) is 3.39. The number of aromatic nitrogens is 2. The summed E-state index contributed by atoms with van der Waals surface area (Å²) in [6.45, 7) is 3.24. The minimum absolute atomic E-state index is 0.165. The number of sulfonamides is 1. The summed E-state index contributed by atoms with van der Waals surface area (Å²) in [6.07, 6.45) is 3.05. The number of benzene rings is 2. The number of carbonyl (C=O) groups is 1. The van der Waals surface area contributed by atoms with Crippen LogP contribution < -0.4 is 0 Å². The molecule has 1 fully saturated rings. The van der Waals surface area contributed by atoms with Gasteiger partial charge in [-0.15, -0.1) is 0 Å². The third-order valence-electron chi connectivity index (χ3n) is 6.15. The van der Waals surface area contributed by atoms with E-state index in [0.717, 1.165) is 41.3 Å². The van der Waals surface area contributed by atoms with E-state index in [1.165, 1.54) is 9.87 Å². The molecule has 156 valence electrons. The quantitative estimate of drug-likeness (QED) is 0.700. The van der Waals surface area contributed by atoms with E-state index >= 15 is 0 Å². The van der Waals surface area contributed by atoms with Gasteiger partial charge in [0.1, 0.15) is 0 Å². The molecule has 0 unspecified atom stereocenters. The number of H-pyrrole nitrogens is 1. The molecule has 0 saturated carbocycles. The lowest BCUT2D eigenvalue weighted by molar-refractivity contribution is 0.0694. The van der Waals surface area contributed by atoms with Crippen LogP contribution in [0.5, 0.6) is 0 Å². The number of aryl methyl sites for hydroxylation is 3. The highest BCUT2D eigenvalue weighted by Gasteiger charge is 2.32. The van der Waals surface area contributed by atoms with Crippen molar-refractivity contribution in [3.05, 3.63) is 58.8 Å². The molecule has 2 aromatic carbocycles. The van der Waals surface area contributed by atoms with Crippen LogP contribution in [0.15, 0.2) is 41.3 Å². The Balaban J connectivity index is 1.32. The minimum atomic E-state index is -3.55. The van der Waals surface area contributed by atoms with Gasteiger partial charge in [-0.25, -0.2) is 8.42 Å². The maximum Gasteiger partial charge on any atom is 0.275 e. The number of nitrogens with zero attached hydrogens (tertiary/aromatic N) is 3. The summed E-state index contributed by atoms with van der Waals surface area (Å²) >= 11 is 0. The van der Waals surface area contributed by atoms with Crippen LogP contribution in [0, 0.1) is 6.92 Å². The summed E-state index contributed by atoms with van der Waals surface area (Å²) < 4.78 is 27.7. The Morgan fingerprint density at radius 1 is 1.00 bits per heavy atom. The number of amides is 1. The highest BCUT2D eigenvalue weighted by Crippen LogP contribution is 2.27. The molecule has 5 rings (SSSR count). The number of rotatable bonds is 3. The molecular weight excluding hydrogens is 400 g/mol. The molecule has 0 radical (unpaired) electrons. The fourth-order valence-electron chi connectivity index (χ4n) is 4.43. The standard InChI is InChI=1S/C22H24N4O3S/c1-15-5-8-20-19(13-15)21(24-23-20)22(27)25-9-11-26(12-10-25)30(28,29)18-7-6-16-3-2-4-17(16)14-18/h5-8,13-14H,2-4,9-12H2,1H3,(H,23,24). The molecule has 7 nitrogen and oxygen atoms in total. The van der Waals surface area contributed by atoms with Crippen LogP contribution in [0.3, 0.4) is 0 Å². The van der Waals surface area contributed by atoms with Crippen molar-refractivity contribution in [2.75, 3.05) is 26.2 Å². The van der Waals surface area contributed by atoms with Crippen LogP contribution in [-0.2, 0) is 22.9 Å². The van der Waals surface area contributed by atoms with Crippen molar-refractivity contribution in [2.45, 2.75) is 31.1 Å². The van der Waals surface area contributed by atoms with Gasteiger partial charge in [0.15, 0.2) is 5.69 Å². The summed E-state index contributed by atoms with van der Waals surface area (Å²) in [7, 11) is -3.55. The van der Waals surface area contributed by atoms with Gasteiger partial charge in [0.05, 0.1) is 10.4 Å². The SMILES string of the molecule is Cc1ccc2[nH]nc(C(=O)N3CCN(S(=O)(=O)c4ccc5c(c4)CCC5)CC3)c2c1. The van der Waals surface area contributed by atoms with Crippen LogP contribution in [0.25, 0.3) is 10.9 Å². The molecule has 1 N–H and O–H groups in total. The molecule has 2 aliphatic rings. The van der Waals surface area contributed by atoms with Gasteiger partial charge in [-0.2, -0.15) is 9.40 Å². The maximum absolute atomic E-state index is 13.1. The predicted molar refractivity (Wildman–Crippen MR) is 114 cm³/mol. The molecule has 1 aromatic heterocycles. The average molecular weight is 425 g/mol. The van der Waals surface area contributed by atoms with Crippen molar-refractivity contribution in [1.29, 1.82) is 0 Å². The van der Waals surface area contributed by atoms with E-state index in [9.17, 15) is 13.2 Å². The number of piperazine rings is 1. The Labute approximate surface area is 175 Å². The van der Waals surface area contributed by atoms with Crippen molar-refractivity contribution in [2.24, 2.45) is 0 Å². The Morgan fingerprint density at radius 2 is 1.77 bits per heavy atom. The zero-order chi connectivity index (χ0) is 20.9. The number of hydrogen-bond donors (Lipinski definition) is 1. The van der Waals surface area contributed by atoms with Crippen molar-refractivity contribution in [1.82, 2.24) is 19.4 Å². The number of hydrogen-bond acceptors (Lipinski definition) is 4. The minimum Gasteiger partial charge on any atom is -0.335 e. The Morgan fingerprint density at radius 3 is 2.57 bits per heavy atom. The molecule has 8 heteroatoms. The van der Waals surface area contributed by atoms with Gasteiger partial charge in [-0.05, 0) is 61.6 Å². The second kappa shape index (κ2) is 7.21. The summed E-state index contributed by atoms with van der Waals surface area (Å²) in [4.78, 5) is 15.1. The first-order valence-corrected chi connectivity index (χ1v) is 11.7. The lowest BCUT2D eigenvalue weighted by atomic mass is 10.1. The van der Waals surface area contributed by atoms with Crippen LogP contribution in [0.2, 0.25) is 0 Å². The number of fused-ring (bicyclic) bond motifs is 2. The molecule has 0 atom stereocenters. The van der Waals surface area contributed by atoms with Crippen LogP contribution in [0.1, 0.15) is 33.6 Å². The van der Waals surface area contributed by atoms with Gasteiger partial charge in [-0.3, -0.25) is 9.89 Å². The molecule has 3 aromatic rings. The van der Waals surface area contributed by atoms with E-state index < -0.39 is 10.0 Å². The molecule has 0 spiro atoms. The van der Waals surface area contributed by atoms with Gasteiger partial charge in [0.25, 0.3) is 5.91 Å². The van der Waals surface area contributed by atoms with Crippen LogP contribution in [-0.4, -0.2) is 59.9 Å². The van der Waals surface area contributed by atoms with E-state index in [0.29, 0.717) is 23.7 Å². The summed E-state index contributed by atoms with van der Waals surface area (Å²) in [5.41, 5.74) is 4.67. The zero-order valence-electron chi connectivity index (χ0n) is 16.9. The lowest BCUT2D eigenvalue weighted by Crippen LogP contribution is -2.50. The molecule has 30 heavy (non-hydrogen) atoms. The van der Waals surface area contributed by atoms with E-state index in [1.54, 1.807) is 11.0 Å². The van der Waals surface area contributed by atoms with Gasteiger partial charge in [-0.1, -0.05) is 17.7 Å². The smallest absolute Gasteiger partial charge is 0.275 e. The zero-order valence-corrected chi connectivity index (χ0v) is 17.7. The Bertz CT molecular complexity index is 1240. The lowest BCUT2D eigenvalue weighted by Gasteiger charge is -2.33. The molecule has 2 heterocycles. The Kier molecular flexibility index (Phi) is 4.63. The van der Waals surface area contributed by atoms with Crippen LogP contribution in [0.4, 0.5) is 0 Å². The van der Waals surface area contributed by atoms with Crippen LogP contribution >= 0.6 is 0 Å². The number of nitrogens with one attached hydrogen (secondary N) is 1. The molecule has 1 aliphatic carbocycles. The highest BCUT2D eigenvalue weighted by atomic mass is 32.2. The topological polar surface area (TPSA) is 86.4 Å². The fraction of sp³-hybridized carbons (Fsp3) is 0.364. The first kappa shape index (κ1) is 19.3. The second-order valence-electron chi connectivity index (χ2n) is 8.10.